The highest BCUT2D eigenvalue weighted by atomic mass is 79.9. The summed E-state index contributed by atoms with van der Waals surface area (Å²) in [4.78, 5) is 29.0. The predicted octanol–water partition coefficient (Wildman–Crippen LogP) is 1.88. The lowest BCUT2D eigenvalue weighted by atomic mass is 10.4. The summed E-state index contributed by atoms with van der Waals surface area (Å²) < 4.78 is 2.41. The maximum atomic E-state index is 12.0. The smallest absolute Gasteiger partial charge is 0.252 e. The maximum Gasteiger partial charge on any atom is 0.252 e. The van der Waals surface area contributed by atoms with Crippen molar-refractivity contribution in [3.63, 3.8) is 0 Å². The third-order valence-corrected chi connectivity index (χ3v) is 4.55. The van der Waals surface area contributed by atoms with E-state index in [-0.39, 0.29) is 16.3 Å². The number of pyridine rings is 1. The summed E-state index contributed by atoms with van der Waals surface area (Å²) in [7, 11) is 0. The number of carbonyl (C=O) groups is 2. The molecule has 1 atom stereocenters. The van der Waals surface area contributed by atoms with Gasteiger partial charge in [0.25, 0.3) is 5.95 Å². The molecule has 1 aliphatic heterocycles. The van der Waals surface area contributed by atoms with Crippen LogP contribution in [-0.4, -0.2) is 37.4 Å². The van der Waals surface area contributed by atoms with Crippen molar-refractivity contribution in [2.24, 2.45) is 0 Å². The van der Waals surface area contributed by atoms with Crippen LogP contribution in [-0.2, 0) is 9.59 Å². The minimum atomic E-state index is -0.0456. The number of hydrogen-bond donors (Lipinski definition) is 0. The summed E-state index contributed by atoms with van der Waals surface area (Å²) in [6, 6.07) is 5.54. The molecule has 0 bridgehead atoms. The quantitative estimate of drug-likeness (QED) is 0.770. The number of aromatic nitrogens is 3. The molecule has 20 heavy (non-hydrogen) atoms. The zero-order valence-electron chi connectivity index (χ0n) is 10.6. The Hall–Kier alpha value is -1.41. The molecule has 0 radical (unpaired) electrons. The lowest BCUT2D eigenvalue weighted by Gasteiger charge is -2.10. The summed E-state index contributed by atoms with van der Waals surface area (Å²) >= 11 is 4.59. The summed E-state index contributed by atoms with van der Waals surface area (Å²) in [6.45, 7) is 1.98. The van der Waals surface area contributed by atoms with Crippen LogP contribution in [0.5, 0.6) is 0 Å². The number of amides is 1. The molecular formula is C12H11BrN4O2S. The minimum absolute atomic E-state index is 0.0185. The van der Waals surface area contributed by atoms with E-state index in [1.807, 2.05) is 18.2 Å². The largest absolute Gasteiger partial charge is 0.288 e. The van der Waals surface area contributed by atoms with Crippen molar-refractivity contribution in [3.8, 4) is 0 Å². The first-order chi connectivity index (χ1) is 9.54. The minimum Gasteiger partial charge on any atom is -0.288 e. The van der Waals surface area contributed by atoms with E-state index in [0.29, 0.717) is 24.6 Å². The van der Waals surface area contributed by atoms with Crippen LogP contribution in [0.15, 0.2) is 22.8 Å². The van der Waals surface area contributed by atoms with Crippen LogP contribution in [0.2, 0.25) is 0 Å². The Morgan fingerprint density at radius 1 is 1.50 bits per heavy atom. The fourth-order valence-electron chi connectivity index (χ4n) is 2.16. The zero-order valence-corrected chi connectivity index (χ0v) is 13.0. The zero-order chi connectivity index (χ0) is 14.3. The highest BCUT2D eigenvalue weighted by molar-refractivity contribution is 9.10. The second-order valence-corrected chi connectivity index (χ2v) is 6.76. The van der Waals surface area contributed by atoms with Crippen molar-refractivity contribution in [3.05, 3.63) is 22.8 Å². The molecule has 3 rings (SSSR count). The van der Waals surface area contributed by atoms with Crippen molar-refractivity contribution >= 4 is 50.3 Å². The van der Waals surface area contributed by atoms with Crippen molar-refractivity contribution in [2.45, 2.75) is 18.6 Å². The van der Waals surface area contributed by atoms with Crippen LogP contribution in [0.3, 0.4) is 0 Å². The van der Waals surface area contributed by atoms with Gasteiger partial charge in [-0.1, -0.05) is 17.8 Å². The second-order valence-electron chi connectivity index (χ2n) is 4.47. The van der Waals surface area contributed by atoms with Crippen LogP contribution in [0.1, 0.15) is 13.3 Å². The molecule has 0 aliphatic carbocycles. The van der Waals surface area contributed by atoms with Crippen LogP contribution in [0.25, 0.3) is 5.65 Å². The number of nitrogens with zero attached hydrogens (tertiary/aromatic N) is 4. The third-order valence-electron chi connectivity index (χ3n) is 2.97. The molecule has 0 N–H and O–H groups in total. The standard InChI is InChI=1S/C12H11BrN4O2S/c1-7(18)20-8-5-11(19)16(6-8)12-14-10-4-2-3-9(13)17(10)15-12/h2-4,8H,5-6H2,1H3. The summed E-state index contributed by atoms with van der Waals surface area (Å²) in [5, 5.41) is 4.33. The van der Waals surface area contributed by atoms with Crippen molar-refractivity contribution in [1.29, 1.82) is 0 Å². The molecule has 2 aromatic rings. The summed E-state index contributed by atoms with van der Waals surface area (Å²) in [5.41, 5.74) is 0.671. The molecule has 2 aromatic heterocycles. The van der Waals surface area contributed by atoms with E-state index in [1.54, 1.807) is 9.42 Å². The number of anilines is 1. The lowest BCUT2D eigenvalue weighted by Crippen LogP contribution is -2.26. The Labute approximate surface area is 127 Å². The summed E-state index contributed by atoms with van der Waals surface area (Å²) in [5.74, 6) is 0.337. The van der Waals surface area contributed by atoms with Crippen molar-refractivity contribution in [1.82, 2.24) is 14.6 Å². The van der Waals surface area contributed by atoms with E-state index in [2.05, 4.69) is 26.0 Å². The van der Waals surface area contributed by atoms with Crippen LogP contribution in [0.4, 0.5) is 5.95 Å². The van der Waals surface area contributed by atoms with E-state index in [9.17, 15) is 9.59 Å². The predicted molar refractivity (Wildman–Crippen MR) is 79.7 cm³/mol. The average Bonchev–Trinajstić information content (AvgIpc) is 2.93. The van der Waals surface area contributed by atoms with Gasteiger partial charge in [0.2, 0.25) is 5.91 Å². The molecule has 104 valence electrons. The first kappa shape index (κ1) is 13.6. The molecule has 1 aliphatic rings. The molecule has 1 fully saturated rings. The highest BCUT2D eigenvalue weighted by Crippen LogP contribution is 2.27. The molecule has 8 heteroatoms. The third kappa shape index (κ3) is 2.45. The molecule has 6 nitrogen and oxygen atoms in total. The Balaban J connectivity index is 1.89. The van der Waals surface area contributed by atoms with Crippen LogP contribution in [0, 0.1) is 0 Å². The lowest BCUT2D eigenvalue weighted by molar-refractivity contribution is -0.117. The van der Waals surface area contributed by atoms with Gasteiger partial charge < -0.3 is 0 Å². The van der Waals surface area contributed by atoms with E-state index in [4.69, 9.17) is 0 Å². The molecule has 1 unspecified atom stereocenters. The van der Waals surface area contributed by atoms with Gasteiger partial charge in [-0.05, 0) is 28.1 Å². The van der Waals surface area contributed by atoms with Crippen LogP contribution >= 0.6 is 27.7 Å². The van der Waals surface area contributed by atoms with Crippen LogP contribution < -0.4 is 4.90 Å². The summed E-state index contributed by atoms with van der Waals surface area (Å²) in [6.07, 6.45) is 0.348. The fraction of sp³-hybridized carbons (Fsp3) is 0.333. The Bertz CT molecular complexity index is 702. The number of carbonyl (C=O) groups excluding carboxylic acids is 2. The molecule has 0 aromatic carbocycles. The number of halogens is 1. The monoisotopic (exact) mass is 354 g/mol. The molecular weight excluding hydrogens is 344 g/mol. The molecule has 0 spiro atoms. The fourth-order valence-corrected chi connectivity index (χ4v) is 3.49. The highest BCUT2D eigenvalue weighted by Gasteiger charge is 2.34. The van der Waals surface area contributed by atoms with Gasteiger partial charge in [-0.25, -0.2) is 4.52 Å². The molecule has 1 amide bonds. The first-order valence-corrected chi connectivity index (χ1v) is 7.71. The average molecular weight is 355 g/mol. The Kier molecular flexibility index (Phi) is 3.51. The number of thioether (sulfide) groups is 1. The van der Waals surface area contributed by atoms with Gasteiger partial charge in [-0.3, -0.25) is 14.5 Å². The molecule has 3 heterocycles. The van der Waals surface area contributed by atoms with Crippen molar-refractivity contribution in [2.75, 3.05) is 11.4 Å². The van der Waals surface area contributed by atoms with E-state index >= 15 is 0 Å². The number of hydrogen-bond acceptors (Lipinski definition) is 5. The van der Waals surface area contributed by atoms with Gasteiger partial charge in [0, 0.05) is 25.1 Å². The number of fused-ring (bicyclic) bond motifs is 1. The van der Waals surface area contributed by atoms with Gasteiger partial charge in [0.05, 0.1) is 0 Å². The topological polar surface area (TPSA) is 67.6 Å². The second kappa shape index (κ2) is 5.17. The molecule has 1 saturated heterocycles. The van der Waals surface area contributed by atoms with Crippen molar-refractivity contribution < 1.29 is 9.59 Å². The van der Waals surface area contributed by atoms with E-state index < -0.39 is 0 Å². The van der Waals surface area contributed by atoms with E-state index in [1.165, 1.54) is 18.7 Å². The Morgan fingerprint density at radius 2 is 2.30 bits per heavy atom. The van der Waals surface area contributed by atoms with Gasteiger partial charge >= 0.3 is 0 Å². The normalized spacial score (nSPS) is 19.0. The molecule has 0 saturated carbocycles. The van der Waals surface area contributed by atoms with E-state index in [0.717, 1.165) is 4.60 Å². The SMILES string of the molecule is CC(=O)SC1CC(=O)N(c2nc3cccc(Br)n3n2)C1. The van der Waals surface area contributed by atoms with Gasteiger partial charge in [0.15, 0.2) is 10.8 Å². The van der Waals surface area contributed by atoms with Gasteiger partial charge in [-0.2, -0.15) is 4.98 Å². The van der Waals surface area contributed by atoms with Gasteiger partial charge in [0.1, 0.15) is 4.60 Å². The number of rotatable bonds is 2. The first-order valence-electron chi connectivity index (χ1n) is 6.03. The van der Waals surface area contributed by atoms with Gasteiger partial charge in [-0.15, -0.1) is 5.10 Å². The maximum absolute atomic E-state index is 12.0. The Morgan fingerprint density at radius 3 is 3.00 bits per heavy atom.